The first kappa shape index (κ1) is 15.9. The van der Waals surface area contributed by atoms with E-state index >= 15 is 0 Å². The Labute approximate surface area is 103 Å². The van der Waals surface area contributed by atoms with Crippen molar-refractivity contribution in [1.82, 2.24) is 0 Å². The van der Waals surface area contributed by atoms with Crippen LogP contribution >= 0.6 is 0 Å². The lowest BCUT2D eigenvalue weighted by molar-refractivity contribution is -0.155. The molecule has 0 radical (unpaired) electrons. The second-order valence-electron chi connectivity index (χ2n) is 5.30. The van der Waals surface area contributed by atoms with E-state index in [1.807, 2.05) is 27.7 Å². The zero-order valence-corrected chi connectivity index (χ0v) is 11.3. The third-order valence-corrected chi connectivity index (χ3v) is 2.34. The lowest BCUT2D eigenvalue weighted by Gasteiger charge is -2.19. The predicted octanol–water partition coefficient (Wildman–Crippen LogP) is 3.00. The smallest absolute Gasteiger partial charge is 0.306 e. The third kappa shape index (κ3) is 8.72. The molecule has 0 aliphatic carbocycles. The summed E-state index contributed by atoms with van der Waals surface area (Å²) >= 11 is 0. The van der Waals surface area contributed by atoms with Gasteiger partial charge in [-0.3, -0.25) is 9.59 Å². The van der Waals surface area contributed by atoms with Crippen molar-refractivity contribution >= 4 is 11.9 Å². The molecule has 0 aromatic rings. The zero-order chi connectivity index (χ0) is 13.5. The third-order valence-electron chi connectivity index (χ3n) is 2.34. The molecule has 0 bridgehead atoms. The molecule has 0 rings (SSSR count). The molecule has 4 nitrogen and oxygen atoms in total. The summed E-state index contributed by atoms with van der Waals surface area (Å²) < 4.78 is 5.15. The zero-order valence-electron chi connectivity index (χ0n) is 11.3. The maximum Gasteiger partial charge on any atom is 0.306 e. The monoisotopic (exact) mass is 244 g/mol. The summed E-state index contributed by atoms with van der Waals surface area (Å²) in [6.07, 6.45) is 2.94. The number of hydrogen-bond acceptors (Lipinski definition) is 3. The number of esters is 1. The Hall–Kier alpha value is -1.06. The Morgan fingerprint density at radius 1 is 1.24 bits per heavy atom. The normalized spacial score (nSPS) is 13.2. The molecule has 0 aromatic heterocycles. The summed E-state index contributed by atoms with van der Waals surface area (Å²) in [6, 6.07) is 0. The SMILES string of the molecule is CCCC(CCCC(=O)OC(C)(C)C)C(=O)O. The van der Waals surface area contributed by atoms with E-state index in [0.29, 0.717) is 25.7 Å². The Morgan fingerprint density at radius 3 is 2.24 bits per heavy atom. The van der Waals surface area contributed by atoms with Crippen LogP contribution < -0.4 is 0 Å². The van der Waals surface area contributed by atoms with Crippen LogP contribution in [-0.4, -0.2) is 22.6 Å². The summed E-state index contributed by atoms with van der Waals surface area (Å²) in [4.78, 5) is 22.3. The van der Waals surface area contributed by atoms with Gasteiger partial charge in [0, 0.05) is 6.42 Å². The van der Waals surface area contributed by atoms with E-state index in [4.69, 9.17) is 9.84 Å². The van der Waals surface area contributed by atoms with E-state index in [0.717, 1.165) is 6.42 Å². The lowest BCUT2D eigenvalue weighted by Crippen LogP contribution is -2.24. The molecular weight excluding hydrogens is 220 g/mol. The number of carboxylic acid groups (broad SMARTS) is 1. The Morgan fingerprint density at radius 2 is 1.82 bits per heavy atom. The first-order chi connectivity index (χ1) is 7.76. The highest BCUT2D eigenvalue weighted by molar-refractivity contribution is 5.71. The topological polar surface area (TPSA) is 63.6 Å². The van der Waals surface area contributed by atoms with Crippen molar-refractivity contribution in [3.05, 3.63) is 0 Å². The summed E-state index contributed by atoms with van der Waals surface area (Å²) in [5.74, 6) is -1.35. The molecule has 0 saturated heterocycles. The molecule has 0 fully saturated rings. The van der Waals surface area contributed by atoms with Crippen molar-refractivity contribution in [3.8, 4) is 0 Å². The first-order valence-electron chi connectivity index (χ1n) is 6.21. The van der Waals surface area contributed by atoms with Crippen LogP contribution in [0.5, 0.6) is 0 Å². The molecule has 4 heteroatoms. The molecule has 1 unspecified atom stereocenters. The van der Waals surface area contributed by atoms with Gasteiger partial charge in [-0.1, -0.05) is 13.3 Å². The second kappa shape index (κ2) is 7.30. The summed E-state index contributed by atoms with van der Waals surface area (Å²) in [5, 5.41) is 8.94. The van der Waals surface area contributed by atoms with Gasteiger partial charge in [0.15, 0.2) is 0 Å². The first-order valence-corrected chi connectivity index (χ1v) is 6.21. The number of carbonyl (C=O) groups excluding carboxylic acids is 1. The molecule has 0 spiro atoms. The van der Waals surface area contributed by atoms with E-state index in [1.54, 1.807) is 0 Å². The van der Waals surface area contributed by atoms with Crippen LogP contribution in [-0.2, 0) is 14.3 Å². The van der Waals surface area contributed by atoms with E-state index in [1.165, 1.54) is 0 Å². The minimum Gasteiger partial charge on any atom is -0.481 e. The molecule has 1 atom stereocenters. The van der Waals surface area contributed by atoms with E-state index in [9.17, 15) is 9.59 Å². The van der Waals surface area contributed by atoms with Crippen molar-refractivity contribution in [1.29, 1.82) is 0 Å². The number of hydrogen-bond donors (Lipinski definition) is 1. The van der Waals surface area contributed by atoms with Crippen LogP contribution in [0, 0.1) is 5.92 Å². The van der Waals surface area contributed by atoms with Crippen molar-refractivity contribution in [3.63, 3.8) is 0 Å². The second-order valence-corrected chi connectivity index (χ2v) is 5.30. The van der Waals surface area contributed by atoms with Gasteiger partial charge in [-0.05, 0) is 40.0 Å². The number of aliphatic carboxylic acids is 1. The fourth-order valence-corrected chi connectivity index (χ4v) is 1.63. The lowest BCUT2D eigenvalue weighted by atomic mass is 9.97. The molecule has 0 aliphatic heterocycles. The number of ether oxygens (including phenoxy) is 1. The molecule has 0 saturated carbocycles. The minimum atomic E-state index is -0.768. The highest BCUT2D eigenvalue weighted by Crippen LogP contribution is 2.16. The number of rotatable bonds is 7. The van der Waals surface area contributed by atoms with Crippen LogP contribution in [0.2, 0.25) is 0 Å². The van der Waals surface area contributed by atoms with Crippen LogP contribution in [0.4, 0.5) is 0 Å². The Balaban J connectivity index is 3.88. The van der Waals surface area contributed by atoms with Gasteiger partial charge in [0.2, 0.25) is 0 Å². The van der Waals surface area contributed by atoms with Gasteiger partial charge in [0.1, 0.15) is 5.60 Å². The van der Waals surface area contributed by atoms with E-state index < -0.39 is 11.6 Å². The van der Waals surface area contributed by atoms with Crippen LogP contribution in [0.15, 0.2) is 0 Å². The van der Waals surface area contributed by atoms with E-state index in [2.05, 4.69) is 0 Å². The molecule has 1 N–H and O–H groups in total. The van der Waals surface area contributed by atoms with Gasteiger partial charge in [-0.15, -0.1) is 0 Å². The average Bonchev–Trinajstić information content (AvgIpc) is 2.13. The fourth-order valence-electron chi connectivity index (χ4n) is 1.63. The quantitative estimate of drug-likeness (QED) is 0.699. The van der Waals surface area contributed by atoms with Crippen molar-refractivity contribution in [2.24, 2.45) is 5.92 Å². The van der Waals surface area contributed by atoms with Crippen molar-refractivity contribution in [2.45, 2.75) is 65.4 Å². The van der Waals surface area contributed by atoms with Gasteiger partial charge < -0.3 is 9.84 Å². The van der Waals surface area contributed by atoms with E-state index in [-0.39, 0.29) is 11.9 Å². The van der Waals surface area contributed by atoms with Gasteiger partial charge in [-0.2, -0.15) is 0 Å². The maximum absolute atomic E-state index is 11.4. The molecule has 100 valence electrons. The maximum atomic E-state index is 11.4. The highest BCUT2D eigenvalue weighted by Gasteiger charge is 2.19. The average molecular weight is 244 g/mol. The molecular formula is C13H24O4. The summed E-state index contributed by atoms with van der Waals surface area (Å²) in [6.45, 7) is 7.43. The number of carbonyl (C=O) groups is 2. The summed E-state index contributed by atoms with van der Waals surface area (Å²) in [5.41, 5.74) is -0.466. The Kier molecular flexibility index (Phi) is 6.85. The van der Waals surface area contributed by atoms with Gasteiger partial charge >= 0.3 is 11.9 Å². The molecule has 0 aliphatic rings. The van der Waals surface area contributed by atoms with Crippen molar-refractivity contribution < 1.29 is 19.4 Å². The summed E-state index contributed by atoms with van der Waals surface area (Å²) in [7, 11) is 0. The van der Waals surface area contributed by atoms with Crippen molar-refractivity contribution in [2.75, 3.05) is 0 Å². The van der Waals surface area contributed by atoms with Crippen LogP contribution in [0.25, 0.3) is 0 Å². The van der Waals surface area contributed by atoms with Crippen LogP contribution in [0.3, 0.4) is 0 Å². The molecule has 17 heavy (non-hydrogen) atoms. The van der Waals surface area contributed by atoms with Gasteiger partial charge in [-0.25, -0.2) is 0 Å². The van der Waals surface area contributed by atoms with Gasteiger partial charge in [0.25, 0.3) is 0 Å². The van der Waals surface area contributed by atoms with Gasteiger partial charge in [0.05, 0.1) is 5.92 Å². The minimum absolute atomic E-state index is 0.252. The van der Waals surface area contributed by atoms with Crippen LogP contribution in [0.1, 0.15) is 59.8 Å². The highest BCUT2D eigenvalue weighted by atomic mass is 16.6. The number of carboxylic acids is 1. The Bertz CT molecular complexity index is 253. The standard InChI is InChI=1S/C13H24O4/c1-5-7-10(12(15)16)8-6-9-11(14)17-13(2,3)4/h10H,5-9H2,1-4H3,(H,15,16). The predicted molar refractivity (Wildman–Crippen MR) is 65.7 cm³/mol. The molecule has 0 aromatic carbocycles. The molecule has 0 heterocycles. The fraction of sp³-hybridized carbons (Fsp3) is 0.846. The molecule has 0 amide bonds. The largest absolute Gasteiger partial charge is 0.481 e.